The van der Waals surface area contributed by atoms with Crippen LogP contribution in [-0.4, -0.2) is 15.7 Å². The molecular formula is C24H29N3O2. The normalized spacial score (nSPS) is 12.9. The van der Waals surface area contributed by atoms with Crippen LogP contribution in [0.25, 0.3) is 0 Å². The second kappa shape index (κ2) is 9.92. The van der Waals surface area contributed by atoms with E-state index in [-0.39, 0.29) is 18.7 Å². The van der Waals surface area contributed by atoms with Crippen molar-refractivity contribution < 1.29 is 9.53 Å². The van der Waals surface area contributed by atoms with Gasteiger partial charge in [-0.2, -0.15) is 5.10 Å². The summed E-state index contributed by atoms with van der Waals surface area (Å²) < 4.78 is 7.28. The maximum Gasteiger partial charge on any atom is 0.272 e. The van der Waals surface area contributed by atoms with E-state index in [0.29, 0.717) is 11.6 Å². The van der Waals surface area contributed by atoms with Crippen molar-refractivity contribution in [3.63, 3.8) is 0 Å². The zero-order chi connectivity index (χ0) is 20.6. The van der Waals surface area contributed by atoms with Crippen molar-refractivity contribution in [2.75, 3.05) is 0 Å². The highest BCUT2D eigenvalue weighted by Gasteiger charge is 2.16. The predicted molar refractivity (Wildman–Crippen MR) is 115 cm³/mol. The fraction of sp³-hybridized carbons (Fsp3) is 0.333. The molecular weight excluding hydrogens is 362 g/mol. The van der Waals surface area contributed by atoms with Gasteiger partial charge in [-0.3, -0.25) is 4.79 Å². The summed E-state index contributed by atoms with van der Waals surface area (Å²) >= 11 is 0. The number of para-hydroxylation sites is 1. The number of benzene rings is 2. The van der Waals surface area contributed by atoms with Gasteiger partial charge in [0, 0.05) is 6.20 Å². The summed E-state index contributed by atoms with van der Waals surface area (Å²) in [6.45, 7) is 6.75. The lowest BCUT2D eigenvalue weighted by Gasteiger charge is -2.18. The highest BCUT2D eigenvalue weighted by Crippen LogP contribution is 2.23. The van der Waals surface area contributed by atoms with Gasteiger partial charge in [0.2, 0.25) is 0 Å². The smallest absolute Gasteiger partial charge is 0.272 e. The quantitative estimate of drug-likeness (QED) is 0.537. The molecule has 3 rings (SSSR count). The Balaban J connectivity index is 1.60. The van der Waals surface area contributed by atoms with Crippen LogP contribution in [0.3, 0.4) is 0 Å². The summed E-state index contributed by atoms with van der Waals surface area (Å²) in [6.07, 6.45) is 3.68. The molecule has 0 spiro atoms. The van der Waals surface area contributed by atoms with E-state index in [1.54, 1.807) is 16.9 Å². The highest BCUT2D eigenvalue weighted by atomic mass is 16.5. The van der Waals surface area contributed by atoms with Crippen molar-refractivity contribution in [1.29, 1.82) is 0 Å². The molecule has 0 bridgehead atoms. The molecule has 2 atom stereocenters. The lowest BCUT2D eigenvalue weighted by molar-refractivity contribution is 0.0928. The van der Waals surface area contributed by atoms with Crippen LogP contribution in [0.2, 0.25) is 0 Å². The number of amides is 1. The minimum atomic E-state index is -0.179. The second-order valence-electron chi connectivity index (χ2n) is 7.24. The third-order valence-electron chi connectivity index (χ3n) is 5.21. The summed E-state index contributed by atoms with van der Waals surface area (Å²) in [4.78, 5) is 12.7. The van der Waals surface area contributed by atoms with Crippen molar-refractivity contribution in [3.8, 4) is 5.75 Å². The molecule has 1 amide bonds. The van der Waals surface area contributed by atoms with Crippen molar-refractivity contribution in [2.45, 2.75) is 52.3 Å². The molecule has 2 unspecified atom stereocenters. The molecule has 1 aromatic heterocycles. The first-order chi connectivity index (χ1) is 14.1. The SMILES string of the molecule is CCC(C)c1ccc(C(CC)NC(=O)c2ccn(COc3ccccc3)n2)cc1. The van der Waals surface area contributed by atoms with Gasteiger partial charge in [0.05, 0.1) is 6.04 Å². The van der Waals surface area contributed by atoms with E-state index >= 15 is 0 Å². The van der Waals surface area contributed by atoms with E-state index in [2.05, 4.69) is 55.5 Å². The Labute approximate surface area is 172 Å². The number of hydrogen-bond acceptors (Lipinski definition) is 3. The van der Waals surface area contributed by atoms with Gasteiger partial charge >= 0.3 is 0 Å². The van der Waals surface area contributed by atoms with Crippen LogP contribution in [0, 0.1) is 0 Å². The Morgan fingerprint density at radius 1 is 1.00 bits per heavy atom. The average molecular weight is 392 g/mol. The molecule has 0 saturated heterocycles. The first-order valence-electron chi connectivity index (χ1n) is 10.2. The number of carbonyl (C=O) groups is 1. The molecule has 0 radical (unpaired) electrons. The topological polar surface area (TPSA) is 56.2 Å². The first-order valence-corrected chi connectivity index (χ1v) is 10.2. The van der Waals surface area contributed by atoms with Gasteiger partial charge in [-0.15, -0.1) is 0 Å². The molecule has 29 heavy (non-hydrogen) atoms. The molecule has 0 fully saturated rings. The standard InChI is InChI=1S/C24H29N3O2/c1-4-18(3)19-11-13-20(14-12-19)22(5-2)25-24(28)23-15-16-27(26-23)17-29-21-9-7-6-8-10-21/h6-16,18,22H,4-5,17H2,1-3H3,(H,25,28). The van der Waals surface area contributed by atoms with Gasteiger partial charge in [-0.05, 0) is 48.1 Å². The number of ether oxygens (including phenoxy) is 1. The van der Waals surface area contributed by atoms with Crippen molar-refractivity contribution in [3.05, 3.63) is 83.7 Å². The monoisotopic (exact) mass is 391 g/mol. The maximum absolute atomic E-state index is 12.7. The molecule has 3 aromatic rings. The molecule has 5 heteroatoms. The van der Waals surface area contributed by atoms with Crippen LogP contribution in [0.5, 0.6) is 5.75 Å². The zero-order valence-electron chi connectivity index (χ0n) is 17.3. The summed E-state index contributed by atoms with van der Waals surface area (Å²) in [5, 5.41) is 7.43. The summed E-state index contributed by atoms with van der Waals surface area (Å²) in [5.74, 6) is 1.13. The Kier molecular flexibility index (Phi) is 7.06. The minimum absolute atomic E-state index is 0.0424. The third-order valence-corrected chi connectivity index (χ3v) is 5.21. The van der Waals surface area contributed by atoms with Gasteiger partial charge in [-0.25, -0.2) is 4.68 Å². The molecule has 0 aliphatic heterocycles. The Morgan fingerprint density at radius 3 is 2.34 bits per heavy atom. The van der Waals surface area contributed by atoms with E-state index in [4.69, 9.17) is 4.74 Å². The maximum atomic E-state index is 12.7. The Hall–Kier alpha value is -3.08. The van der Waals surface area contributed by atoms with Crippen LogP contribution >= 0.6 is 0 Å². The molecule has 0 saturated carbocycles. The second-order valence-corrected chi connectivity index (χ2v) is 7.24. The van der Waals surface area contributed by atoms with E-state index in [0.717, 1.165) is 24.2 Å². The molecule has 152 valence electrons. The molecule has 0 aliphatic carbocycles. The van der Waals surface area contributed by atoms with Gasteiger partial charge in [0.1, 0.15) is 11.4 Å². The number of rotatable bonds is 9. The van der Waals surface area contributed by atoms with Gasteiger partial charge in [-0.1, -0.05) is 63.2 Å². The summed E-state index contributed by atoms with van der Waals surface area (Å²) in [5.41, 5.74) is 2.82. The number of aromatic nitrogens is 2. The lowest BCUT2D eigenvalue weighted by Crippen LogP contribution is -2.28. The van der Waals surface area contributed by atoms with Crippen molar-refractivity contribution >= 4 is 5.91 Å². The Morgan fingerprint density at radius 2 is 1.69 bits per heavy atom. The van der Waals surface area contributed by atoms with Gasteiger partial charge in [0.25, 0.3) is 5.91 Å². The van der Waals surface area contributed by atoms with Gasteiger partial charge < -0.3 is 10.1 Å². The Bertz CT molecular complexity index is 903. The first kappa shape index (κ1) is 20.6. The number of nitrogens with one attached hydrogen (secondary N) is 1. The summed E-state index contributed by atoms with van der Waals surface area (Å²) in [7, 11) is 0. The van der Waals surface area contributed by atoms with E-state index in [9.17, 15) is 4.79 Å². The predicted octanol–water partition coefficient (Wildman–Crippen LogP) is 5.31. The number of hydrogen-bond donors (Lipinski definition) is 1. The minimum Gasteiger partial charge on any atom is -0.471 e. The molecule has 1 heterocycles. The third kappa shape index (κ3) is 5.47. The van der Waals surface area contributed by atoms with Crippen LogP contribution in [0.4, 0.5) is 0 Å². The van der Waals surface area contributed by atoms with Crippen LogP contribution < -0.4 is 10.1 Å². The van der Waals surface area contributed by atoms with Gasteiger partial charge in [0.15, 0.2) is 6.73 Å². The summed E-state index contributed by atoms with van der Waals surface area (Å²) in [6, 6.07) is 19.7. The van der Waals surface area contributed by atoms with E-state index < -0.39 is 0 Å². The zero-order valence-corrected chi connectivity index (χ0v) is 17.3. The van der Waals surface area contributed by atoms with Crippen molar-refractivity contribution in [2.24, 2.45) is 0 Å². The highest BCUT2D eigenvalue weighted by molar-refractivity contribution is 5.92. The average Bonchev–Trinajstić information content (AvgIpc) is 3.25. The fourth-order valence-corrected chi connectivity index (χ4v) is 3.16. The van der Waals surface area contributed by atoms with Crippen LogP contribution in [0.15, 0.2) is 66.9 Å². The molecule has 0 aliphatic rings. The largest absolute Gasteiger partial charge is 0.471 e. The molecule has 1 N–H and O–H groups in total. The van der Waals surface area contributed by atoms with E-state index in [1.165, 1.54) is 5.56 Å². The number of carbonyl (C=O) groups excluding carboxylic acids is 1. The molecule has 2 aromatic carbocycles. The number of nitrogens with zero attached hydrogens (tertiary/aromatic N) is 2. The fourth-order valence-electron chi connectivity index (χ4n) is 3.16. The van der Waals surface area contributed by atoms with Crippen LogP contribution in [-0.2, 0) is 6.73 Å². The van der Waals surface area contributed by atoms with E-state index in [1.807, 2.05) is 30.3 Å². The van der Waals surface area contributed by atoms with Crippen molar-refractivity contribution in [1.82, 2.24) is 15.1 Å². The van der Waals surface area contributed by atoms with Crippen LogP contribution in [0.1, 0.15) is 67.2 Å². The lowest BCUT2D eigenvalue weighted by atomic mass is 9.95. The molecule has 5 nitrogen and oxygen atoms in total.